The zero-order chi connectivity index (χ0) is 13.7. The highest BCUT2D eigenvalue weighted by Gasteiger charge is 2.12. The van der Waals surface area contributed by atoms with Gasteiger partial charge in [0.25, 0.3) is 0 Å². The molecule has 0 aliphatic rings. The van der Waals surface area contributed by atoms with E-state index in [0.29, 0.717) is 16.8 Å². The Morgan fingerprint density at radius 3 is 2.61 bits per heavy atom. The summed E-state index contributed by atoms with van der Waals surface area (Å²) in [5.74, 6) is 6.52. The fourth-order valence-electron chi connectivity index (χ4n) is 1.20. The number of likely N-dealkylation sites (N-methyl/N-ethyl adjacent to an activating group) is 2. The summed E-state index contributed by atoms with van der Waals surface area (Å²) in [6, 6.07) is 1.70. The molecule has 3 N–H and O–H groups in total. The lowest BCUT2D eigenvalue weighted by molar-refractivity contribution is -0.127. The van der Waals surface area contributed by atoms with E-state index in [0.717, 1.165) is 0 Å². The molecule has 0 aromatic carbocycles. The van der Waals surface area contributed by atoms with E-state index in [-0.39, 0.29) is 12.5 Å². The van der Waals surface area contributed by atoms with Crippen molar-refractivity contribution in [1.82, 2.24) is 14.9 Å². The number of nitrogens with two attached hydrogens (primary N) is 1. The summed E-state index contributed by atoms with van der Waals surface area (Å²) in [5.41, 5.74) is 2.49. The molecule has 0 aliphatic heterocycles. The average Bonchev–Trinajstić information content (AvgIpc) is 2.37. The molecule has 1 amide bonds. The predicted octanol–water partition coefficient (Wildman–Crippen LogP) is 0.00850. The van der Waals surface area contributed by atoms with Crippen LogP contribution in [0.25, 0.3) is 0 Å². The van der Waals surface area contributed by atoms with Crippen molar-refractivity contribution in [3.05, 3.63) is 6.07 Å². The number of nitrogens with zero attached hydrogens (tertiary/aromatic N) is 4. The first-order chi connectivity index (χ1) is 8.47. The number of carbonyl (C=O) groups excluding carboxylic acids is 1. The van der Waals surface area contributed by atoms with Gasteiger partial charge in [-0.05, 0) is 6.26 Å². The highest BCUT2D eigenvalue weighted by molar-refractivity contribution is 7.98. The van der Waals surface area contributed by atoms with Gasteiger partial charge in [0.1, 0.15) is 11.6 Å². The van der Waals surface area contributed by atoms with Crippen LogP contribution in [0.4, 0.5) is 11.6 Å². The lowest BCUT2D eigenvalue weighted by atomic mass is 10.4. The van der Waals surface area contributed by atoms with Gasteiger partial charge in [0, 0.05) is 27.2 Å². The molecule has 1 rings (SSSR count). The Labute approximate surface area is 111 Å². The third-order valence-electron chi connectivity index (χ3n) is 2.28. The van der Waals surface area contributed by atoms with Crippen LogP contribution in [0.5, 0.6) is 0 Å². The number of hydrogen-bond donors (Lipinski definition) is 2. The Balaban J connectivity index is 2.90. The Kier molecular flexibility index (Phi) is 5.17. The van der Waals surface area contributed by atoms with Crippen molar-refractivity contribution in [3.8, 4) is 0 Å². The van der Waals surface area contributed by atoms with Gasteiger partial charge < -0.3 is 15.2 Å². The Morgan fingerprint density at radius 1 is 1.44 bits per heavy atom. The van der Waals surface area contributed by atoms with Gasteiger partial charge in [0.05, 0.1) is 6.54 Å². The first-order valence-electron chi connectivity index (χ1n) is 5.29. The van der Waals surface area contributed by atoms with Crippen molar-refractivity contribution < 1.29 is 4.79 Å². The topological polar surface area (TPSA) is 87.4 Å². The van der Waals surface area contributed by atoms with Gasteiger partial charge in [-0.2, -0.15) is 0 Å². The number of nitrogens with one attached hydrogen (secondary N) is 1. The Morgan fingerprint density at radius 2 is 2.11 bits per heavy atom. The molecule has 0 unspecified atom stereocenters. The van der Waals surface area contributed by atoms with E-state index in [9.17, 15) is 4.79 Å². The third kappa shape index (κ3) is 3.74. The highest BCUT2D eigenvalue weighted by Crippen LogP contribution is 2.18. The van der Waals surface area contributed by atoms with Crippen molar-refractivity contribution in [2.45, 2.75) is 5.16 Å². The number of amides is 1. The van der Waals surface area contributed by atoms with Crippen molar-refractivity contribution in [2.24, 2.45) is 5.84 Å². The smallest absolute Gasteiger partial charge is 0.241 e. The maximum atomic E-state index is 11.6. The number of anilines is 2. The molecule has 8 heteroatoms. The van der Waals surface area contributed by atoms with Crippen LogP contribution in [-0.2, 0) is 4.79 Å². The molecule has 100 valence electrons. The van der Waals surface area contributed by atoms with Crippen LogP contribution in [0.3, 0.4) is 0 Å². The molecule has 0 saturated heterocycles. The molecule has 0 atom stereocenters. The first kappa shape index (κ1) is 14.5. The first-order valence-corrected chi connectivity index (χ1v) is 6.51. The summed E-state index contributed by atoms with van der Waals surface area (Å²) in [7, 11) is 5.24. The van der Waals surface area contributed by atoms with Gasteiger partial charge in [0.2, 0.25) is 5.91 Å². The molecule has 1 aromatic heterocycles. The lowest BCUT2D eigenvalue weighted by Gasteiger charge is -2.20. The van der Waals surface area contributed by atoms with Gasteiger partial charge >= 0.3 is 0 Å². The summed E-state index contributed by atoms with van der Waals surface area (Å²) in [6.45, 7) is 0.252. The minimum absolute atomic E-state index is 0.00377. The Bertz CT molecular complexity index is 403. The molecular weight excluding hydrogens is 252 g/mol. The van der Waals surface area contributed by atoms with Crippen LogP contribution in [-0.4, -0.2) is 54.7 Å². The molecule has 0 aliphatic carbocycles. The van der Waals surface area contributed by atoms with Gasteiger partial charge in [-0.15, -0.1) is 0 Å². The van der Waals surface area contributed by atoms with E-state index in [1.54, 1.807) is 32.1 Å². The molecule has 7 nitrogen and oxygen atoms in total. The molecule has 18 heavy (non-hydrogen) atoms. The zero-order valence-corrected chi connectivity index (χ0v) is 11.8. The van der Waals surface area contributed by atoms with E-state index < -0.39 is 0 Å². The number of rotatable bonds is 5. The van der Waals surface area contributed by atoms with E-state index >= 15 is 0 Å². The quantitative estimate of drug-likeness (QED) is 0.337. The molecule has 0 radical (unpaired) electrons. The largest absolute Gasteiger partial charge is 0.350 e. The molecule has 0 bridgehead atoms. The molecule has 0 spiro atoms. The SMILES string of the molecule is CSc1nc(NN)cc(N(C)CC(=O)N(C)C)n1. The van der Waals surface area contributed by atoms with Gasteiger partial charge in [-0.1, -0.05) is 11.8 Å². The Hall–Kier alpha value is -1.54. The zero-order valence-electron chi connectivity index (χ0n) is 11.0. The van der Waals surface area contributed by atoms with Gasteiger partial charge in [-0.3, -0.25) is 4.79 Å². The molecule has 0 saturated carbocycles. The summed E-state index contributed by atoms with van der Waals surface area (Å²) in [4.78, 5) is 23.4. The maximum Gasteiger partial charge on any atom is 0.241 e. The second-order valence-electron chi connectivity index (χ2n) is 3.89. The third-order valence-corrected chi connectivity index (χ3v) is 2.83. The second kappa shape index (κ2) is 6.41. The van der Waals surface area contributed by atoms with Gasteiger partial charge in [0.15, 0.2) is 5.16 Å². The molecular formula is C10H18N6OS. The van der Waals surface area contributed by atoms with Gasteiger partial charge in [-0.25, -0.2) is 15.8 Å². The number of hydrogen-bond acceptors (Lipinski definition) is 7. The minimum Gasteiger partial charge on any atom is -0.350 e. The van der Waals surface area contributed by atoms with Crippen molar-refractivity contribution in [2.75, 3.05) is 44.3 Å². The van der Waals surface area contributed by atoms with E-state index in [1.165, 1.54) is 16.7 Å². The normalized spacial score (nSPS) is 10.1. The van der Waals surface area contributed by atoms with Crippen molar-refractivity contribution >= 4 is 29.3 Å². The predicted molar refractivity (Wildman–Crippen MR) is 73.6 cm³/mol. The van der Waals surface area contributed by atoms with Crippen LogP contribution >= 0.6 is 11.8 Å². The number of nitrogen functional groups attached to an aromatic ring is 1. The van der Waals surface area contributed by atoms with E-state index in [4.69, 9.17) is 5.84 Å². The van der Waals surface area contributed by atoms with E-state index in [1.807, 2.05) is 6.26 Å². The average molecular weight is 270 g/mol. The molecule has 1 aromatic rings. The number of carbonyl (C=O) groups is 1. The summed E-state index contributed by atoms with van der Waals surface area (Å²) < 4.78 is 0. The van der Waals surface area contributed by atoms with Crippen LogP contribution < -0.4 is 16.2 Å². The number of aromatic nitrogens is 2. The van der Waals surface area contributed by atoms with Crippen molar-refractivity contribution in [1.29, 1.82) is 0 Å². The minimum atomic E-state index is 0.00377. The number of hydrazine groups is 1. The van der Waals surface area contributed by atoms with Crippen LogP contribution in [0.15, 0.2) is 11.2 Å². The summed E-state index contributed by atoms with van der Waals surface area (Å²) in [5, 5.41) is 0.601. The highest BCUT2D eigenvalue weighted by atomic mass is 32.2. The fraction of sp³-hybridized carbons (Fsp3) is 0.500. The van der Waals surface area contributed by atoms with Crippen LogP contribution in [0.2, 0.25) is 0 Å². The standard InChI is InChI=1S/C10H18N6OS/c1-15(2)9(17)6-16(3)8-5-7(14-11)12-10(13-8)18-4/h5H,6,11H2,1-4H3,(H,12,13,14). The van der Waals surface area contributed by atoms with Crippen molar-refractivity contribution in [3.63, 3.8) is 0 Å². The monoisotopic (exact) mass is 270 g/mol. The van der Waals surface area contributed by atoms with Crippen LogP contribution in [0, 0.1) is 0 Å². The fourth-order valence-corrected chi connectivity index (χ4v) is 1.57. The molecule has 1 heterocycles. The maximum absolute atomic E-state index is 11.6. The second-order valence-corrected chi connectivity index (χ2v) is 4.66. The van der Waals surface area contributed by atoms with E-state index in [2.05, 4.69) is 15.4 Å². The summed E-state index contributed by atoms with van der Waals surface area (Å²) in [6.07, 6.45) is 1.88. The lowest BCUT2D eigenvalue weighted by Crippen LogP contribution is -2.34. The summed E-state index contributed by atoms with van der Waals surface area (Å²) >= 11 is 1.42. The molecule has 0 fully saturated rings. The number of thioether (sulfide) groups is 1. The van der Waals surface area contributed by atoms with Crippen LogP contribution in [0.1, 0.15) is 0 Å².